The van der Waals surface area contributed by atoms with Crippen LogP contribution >= 0.6 is 0 Å². The Morgan fingerprint density at radius 2 is 1.95 bits per heavy atom. The molecule has 1 heterocycles. The molecule has 0 unspecified atom stereocenters. The summed E-state index contributed by atoms with van der Waals surface area (Å²) in [5, 5.41) is 11.7. The van der Waals surface area contributed by atoms with E-state index in [4.69, 9.17) is 9.84 Å². The van der Waals surface area contributed by atoms with Gasteiger partial charge in [-0.1, -0.05) is 6.07 Å². The Morgan fingerprint density at radius 1 is 1.26 bits per heavy atom. The Bertz CT molecular complexity index is 466. The minimum Gasteiger partial charge on any atom is -0.478 e. The van der Waals surface area contributed by atoms with Crippen molar-refractivity contribution in [2.24, 2.45) is 5.92 Å². The van der Waals surface area contributed by atoms with E-state index in [1.54, 1.807) is 12.1 Å². The lowest BCUT2D eigenvalue weighted by molar-refractivity contribution is 0.0642. The fourth-order valence-corrected chi connectivity index (χ4v) is 2.08. The normalized spacial score (nSPS) is 16.0. The summed E-state index contributed by atoms with van der Waals surface area (Å²) in [6, 6.07) is 6.05. The first-order valence-corrected chi connectivity index (χ1v) is 6.36. The smallest absolute Gasteiger partial charge is 0.335 e. The van der Waals surface area contributed by atoms with Gasteiger partial charge in [-0.25, -0.2) is 4.79 Å². The number of carbonyl (C=O) groups is 2. The van der Waals surface area contributed by atoms with Crippen molar-refractivity contribution in [1.82, 2.24) is 5.32 Å². The lowest BCUT2D eigenvalue weighted by Crippen LogP contribution is -2.32. The third-order valence-corrected chi connectivity index (χ3v) is 3.26. The molecule has 1 amide bonds. The Hall–Kier alpha value is -1.88. The molecule has 102 valence electrons. The first kappa shape index (κ1) is 13.5. The molecule has 0 aromatic heterocycles. The molecular weight excluding hydrogens is 246 g/mol. The topological polar surface area (TPSA) is 75.6 Å². The van der Waals surface area contributed by atoms with Crippen LogP contribution in [0.5, 0.6) is 0 Å². The van der Waals surface area contributed by atoms with Gasteiger partial charge in [0.15, 0.2) is 0 Å². The summed E-state index contributed by atoms with van der Waals surface area (Å²) in [4.78, 5) is 22.8. The molecule has 1 aliphatic rings. The highest BCUT2D eigenvalue weighted by Gasteiger charge is 2.15. The lowest BCUT2D eigenvalue weighted by atomic mass is 10.0. The minimum absolute atomic E-state index is 0.124. The number of nitrogens with one attached hydrogen (secondary N) is 1. The fraction of sp³-hybridized carbons (Fsp3) is 0.429. The molecule has 0 saturated carbocycles. The maximum Gasteiger partial charge on any atom is 0.335 e. The predicted molar refractivity (Wildman–Crippen MR) is 69.3 cm³/mol. The monoisotopic (exact) mass is 263 g/mol. The van der Waals surface area contributed by atoms with Crippen molar-refractivity contribution in [3.63, 3.8) is 0 Å². The van der Waals surface area contributed by atoms with Crippen molar-refractivity contribution in [2.75, 3.05) is 19.8 Å². The number of ether oxygens (including phenoxy) is 1. The van der Waals surface area contributed by atoms with Crippen LogP contribution < -0.4 is 5.32 Å². The van der Waals surface area contributed by atoms with Crippen LogP contribution in [0, 0.1) is 5.92 Å². The highest BCUT2D eigenvalue weighted by atomic mass is 16.5. The zero-order valence-corrected chi connectivity index (χ0v) is 10.6. The van der Waals surface area contributed by atoms with Gasteiger partial charge >= 0.3 is 5.97 Å². The molecule has 1 aliphatic heterocycles. The zero-order chi connectivity index (χ0) is 13.7. The van der Waals surface area contributed by atoms with Crippen LogP contribution in [0.4, 0.5) is 0 Å². The number of carbonyl (C=O) groups excluding carboxylic acids is 1. The second-order valence-electron chi connectivity index (χ2n) is 4.65. The average Bonchev–Trinajstić information content (AvgIpc) is 2.46. The van der Waals surface area contributed by atoms with E-state index in [1.807, 2.05) is 0 Å². The maximum absolute atomic E-state index is 11.9. The summed E-state index contributed by atoms with van der Waals surface area (Å²) in [5.41, 5.74) is 0.505. The molecule has 1 fully saturated rings. The van der Waals surface area contributed by atoms with Gasteiger partial charge in [0, 0.05) is 25.3 Å². The van der Waals surface area contributed by atoms with E-state index in [0.29, 0.717) is 18.0 Å². The van der Waals surface area contributed by atoms with Crippen molar-refractivity contribution >= 4 is 11.9 Å². The van der Waals surface area contributed by atoms with Crippen LogP contribution in [0.25, 0.3) is 0 Å². The van der Waals surface area contributed by atoms with E-state index in [-0.39, 0.29) is 11.5 Å². The Labute approximate surface area is 111 Å². The third-order valence-electron chi connectivity index (χ3n) is 3.26. The number of hydrogen-bond donors (Lipinski definition) is 2. The maximum atomic E-state index is 11.9. The van der Waals surface area contributed by atoms with E-state index < -0.39 is 5.97 Å². The van der Waals surface area contributed by atoms with Gasteiger partial charge < -0.3 is 15.2 Å². The zero-order valence-electron chi connectivity index (χ0n) is 10.6. The van der Waals surface area contributed by atoms with Gasteiger partial charge in [0.25, 0.3) is 5.91 Å². The van der Waals surface area contributed by atoms with Gasteiger partial charge in [-0.3, -0.25) is 4.79 Å². The van der Waals surface area contributed by atoms with E-state index in [1.165, 1.54) is 12.1 Å². The number of rotatable bonds is 4. The van der Waals surface area contributed by atoms with Crippen molar-refractivity contribution in [3.05, 3.63) is 35.4 Å². The highest BCUT2D eigenvalue weighted by molar-refractivity contribution is 5.97. The van der Waals surface area contributed by atoms with Crippen molar-refractivity contribution < 1.29 is 19.4 Å². The Morgan fingerprint density at radius 3 is 2.63 bits per heavy atom. The van der Waals surface area contributed by atoms with E-state index in [2.05, 4.69) is 5.32 Å². The fourth-order valence-electron chi connectivity index (χ4n) is 2.08. The van der Waals surface area contributed by atoms with Crippen LogP contribution in [0.15, 0.2) is 24.3 Å². The van der Waals surface area contributed by atoms with Gasteiger partial charge in [0.2, 0.25) is 0 Å². The number of carboxylic acid groups (broad SMARTS) is 1. The van der Waals surface area contributed by atoms with Gasteiger partial charge in [-0.15, -0.1) is 0 Å². The molecule has 1 saturated heterocycles. The molecule has 1 aromatic rings. The summed E-state index contributed by atoms with van der Waals surface area (Å²) in [5.74, 6) is -0.811. The minimum atomic E-state index is -1.03. The first-order valence-electron chi connectivity index (χ1n) is 6.36. The van der Waals surface area contributed by atoms with E-state index >= 15 is 0 Å². The number of carboxylic acids is 1. The third kappa shape index (κ3) is 3.79. The van der Waals surface area contributed by atoms with Crippen molar-refractivity contribution in [1.29, 1.82) is 0 Å². The molecule has 0 aliphatic carbocycles. The van der Waals surface area contributed by atoms with Gasteiger partial charge in [0.05, 0.1) is 5.56 Å². The quantitative estimate of drug-likeness (QED) is 0.864. The standard InChI is InChI=1S/C14H17NO4/c16-13(15-9-10-4-6-19-7-5-10)11-2-1-3-12(8-11)14(17)18/h1-3,8,10H,4-7,9H2,(H,15,16)(H,17,18). The summed E-state index contributed by atoms with van der Waals surface area (Å²) in [7, 11) is 0. The first-order chi connectivity index (χ1) is 9.16. The van der Waals surface area contributed by atoms with E-state index in [9.17, 15) is 9.59 Å². The van der Waals surface area contributed by atoms with Gasteiger partial charge in [-0.05, 0) is 37.0 Å². The SMILES string of the molecule is O=C(O)c1cccc(C(=O)NCC2CCOCC2)c1. The van der Waals surface area contributed by atoms with Crippen LogP contribution in [0.3, 0.4) is 0 Å². The van der Waals surface area contributed by atoms with Crippen LogP contribution in [0.2, 0.25) is 0 Å². The van der Waals surface area contributed by atoms with Gasteiger partial charge in [-0.2, -0.15) is 0 Å². The molecule has 2 N–H and O–H groups in total. The van der Waals surface area contributed by atoms with Crippen molar-refractivity contribution in [2.45, 2.75) is 12.8 Å². The number of aromatic carboxylic acids is 1. The molecule has 5 nitrogen and oxygen atoms in total. The summed E-state index contributed by atoms with van der Waals surface area (Å²) in [6.45, 7) is 2.10. The second-order valence-corrected chi connectivity index (χ2v) is 4.65. The summed E-state index contributed by atoms with van der Waals surface area (Å²) in [6.07, 6.45) is 1.91. The van der Waals surface area contributed by atoms with Crippen LogP contribution in [-0.4, -0.2) is 36.7 Å². The van der Waals surface area contributed by atoms with E-state index in [0.717, 1.165) is 26.1 Å². The molecule has 5 heteroatoms. The number of benzene rings is 1. The molecular formula is C14H17NO4. The van der Waals surface area contributed by atoms with Gasteiger partial charge in [0.1, 0.15) is 0 Å². The Balaban J connectivity index is 1.92. The second kappa shape index (κ2) is 6.33. The van der Waals surface area contributed by atoms with Crippen molar-refractivity contribution in [3.8, 4) is 0 Å². The Kier molecular flexibility index (Phi) is 4.52. The molecule has 1 aromatic carbocycles. The molecule has 0 atom stereocenters. The molecule has 0 radical (unpaired) electrons. The summed E-state index contributed by atoms with van der Waals surface area (Å²) >= 11 is 0. The lowest BCUT2D eigenvalue weighted by Gasteiger charge is -2.22. The molecule has 2 rings (SSSR count). The molecule has 19 heavy (non-hydrogen) atoms. The van der Waals surface area contributed by atoms with Crippen LogP contribution in [-0.2, 0) is 4.74 Å². The molecule has 0 spiro atoms. The highest BCUT2D eigenvalue weighted by Crippen LogP contribution is 2.13. The summed E-state index contributed by atoms with van der Waals surface area (Å²) < 4.78 is 5.26. The number of amides is 1. The average molecular weight is 263 g/mol. The predicted octanol–water partition coefficient (Wildman–Crippen LogP) is 1.54. The molecule has 0 bridgehead atoms. The van der Waals surface area contributed by atoms with Crippen LogP contribution in [0.1, 0.15) is 33.6 Å². The largest absolute Gasteiger partial charge is 0.478 e. The number of hydrogen-bond acceptors (Lipinski definition) is 3.